The zero-order valence-electron chi connectivity index (χ0n) is 19.0. The van der Waals surface area contributed by atoms with Crippen molar-refractivity contribution in [1.82, 2.24) is 14.8 Å². The van der Waals surface area contributed by atoms with Gasteiger partial charge in [-0.25, -0.2) is 13.2 Å². The predicted molar refractivity (Wildman–Crippen MR) is 123 cm³/mol. The molecule has 2 saturated heterocycles. The third-order valence-electron chi connectivity index (χ3n) is 7.18. The van der Waals surface area contributed by atoms with Crippen LogP contribution in [0.4, 0.5) is 13.2 Å². The van der Waals surface area contributed by atoms with Crippen LogP contribution in [-0.2, 0) is 4.79 Å². The number of pyridine rings is 1. The molecule has 8 heteroatoms. The Hall–Kier alpha value is -2.71. The number of hydrogen-bond acceptors (Lipinski definition) is 4. The molecule has 3 heterocycles. The fourth-order valence-electron chi connectivity index (χ4n) is 5.21. The van der Waals surface area contributed by atoms with Crippen LogP contribution in [0.2, 0.25) is 0 Å². The molecule has 1 unspecified atom stereocenters. The molecule has 4 rings (SSSR count). The van der Waals surface area contributed by atoms with Gasteiger partial charge < -0.3 is 10.0 Å². The monoisotopic (exact) mass is 473 g/mol. The van der Waals surface area contributed by atoms with E-state index in [1.807, 2.05) is 12.4 Å². The Balaban J connectivity index is 1.28. The van der Waals surface area contributed by atoms with E-state index < -0.39 is 17.5 Å². The molecule has 1 amide bonds. The number of rotatable bonds is 6. The van der Waals surface area contributed by atoms with Crippen LogP contribution in [0.25, 0.3) is 6.08 Å². The first-order chi connectivity index (χ1) is 16.5. The van der Waals surface area contributed by atoms with Crippen molar-refractivity contribution in [3.8, 4) is 0 Å². The third kappa shape index (κ3) is 5.67. The number of aliphatic hydroxyl groups excluding tert-OH is 1. The van der Waals surface area contributed by atoms with Gasteiger partial charge in [0.05, 0.1) is 6.61 Å². The van der Waals surface area contributed by atoms with E-state index in [0.29, 0.717) is 24.9 Å². The molecule has 2 fully saturated rings. The lowest BCUT2D eigenvalue weighted by atomic mass is 9.85. The van der Waals surface area contributed by atoms with Crippen molar-refractivity contribution in [3.05, 3.63) is 71.3 Å². The Labute approximate surface area is 197 Å². The van der Waals surface area contributed by atoms with Gasteiger partial charge in [0, 0.05) is 37.6 Å². The lowest BCUT2D eigenvalue weighted by Gasteiger charge is -2.43. The highest BCUT2D eigenvalue weighted by Crippen LogP contribution is 2.32. The second kappa shape index (κ2) is 11.1. The summed E-state index contributed by atoms with van der Waals surface area (Å²) in [5.74, 6) is -3.52. The molecule has 1 atom stereocenters. The van der Waals surface area contributed by atoms with Crippen molar-refractivity contribution in [1.29, 1.82) is 0 Å². The number of carbonyl (C=O) groups excluding carboxylic acids is 1. The summed E-state index contributed by atoms with van der Waals surface area (Å²) in [6, 6.07) is 5.95. The Morgan fingerprint density at radius 1 is 1.03 bits per heavy atom. The van der Waals surface area contributed by atoms with Crippen molar-refractivity contribution >= 4 is 12.0 Å². The smallest absolute Gasteiger partial charge is 0.246 e. The van der Waals surface area contributed by atoms with E-state index in [1.165, 1.54) is 17.7 Å². The van der Waals surface area contributed by atoms with Crippen LogP contribution in [0.5, 0.6) is 0 Å². The third-order valence-corrected chi connectivity index (χ3v) is 7.18. The van der Waals surface area contributed by atoms with Crippen LogP contribution in [0.1, 0.15) is 42.7 Å². The summed E-state index contributed by atoms with van der Waals surface area (Å²) in [6.45, 7) is 3.09. The second-order valence-corrected chi connectivity index (χ2v) is 9.14. The maximum absolute atomic E-state index is 13.4. The molecule has 182 valence electrons. The molecule has 0 spiro atoms. The topological polar surface area (TPSA) is 56.7 Å². The zero-order chi connectivity index (χ0) is 24.1. The standard InChI is InChI=1S/C26H30F3N3O2/c27-22-15-18(16-23(28)26(22)29)1-2-25(34)32-13-7-21(8-14-32)24(17-33)31-11-5-20(6-12-31)19-3-9-30-10-4-19/h1-4,9-10,15-16,20-21,24,33H,5-8,11-14,17H2. The van der Waals surface area contributed by atoms with Crippen molar-refractivity contribution in [2.45, 2.75) is 37.6 Å². The molecule has 0 aliphatic carbocycles. The van der Waals surface area contributed by atoms with Gasteiger partial charge in [0.15, 0.2) is 17.5 Å². The van der Waals surface area contributed by atoms with Crippen LogP contribution >= 0.6 is 0 Å². The van der Waals surface area contributed by atoms with E-state index in [-0.39, 0.29) is 24.1 Å². The molecule has 2 aromatic rings. The van der Waals surface area contributed by atoms with E-state index in [1.54, 1.807) is 4.90 Å². The Bertz CT molecular complexity index is 979. The molecule has 0 bridgehead atoms. The molecule has 1 aromatic heterocycles. The highest BCUT2D eigenvalue weighted by molar-refractivity contribution is 5.91. The van der Waals surface area contributed by atoms with Gasteiger partial charge in [-0.15, -0.1) is 0 Å². The number of aliphatic hydroxyl groups is 1. The van der Waals surface area contributed by atoms with Gasteiger partial charge >= 0.3 is 0 Å². The summed E-state index contributed by atoms with van der Waals surface area (Å²) < 4.78 is 39.8. The van der Waals surface area contributed by atoms with E-state index in [2.05, 4.69) is 22.0 Å². The molecule has 1 aromatic carbocycles. The summed E-state index contributed by atoms with van der Waals surface area (Å²) in [6.07, 6.45) is 9.89. The van der Waals surface area contributed by atoms with Gasteiger partial charge in [-0.2, -0.15) is 0 Å². The average molecular weight is 474 g/mol. The second-order valence-electron chi connectivity index (χ2n) is 9.14. The summed E-state index contributed by atoms with van der Waals surface area (Å²) in [5, 5.41) is 10.1. The van der Waals surface area contributed by atoms with Crippen molar-refractivity contribution < 1.29 is 23.1 Å². The fraction of sp³-hybridized carbons (Fsp3) is 0.462. The van der Waals surface area contributed by atoms with E-state index in [4.69, 9.17) is 0 Å². The Morgan fingerprint density at radius 3 is 2.24 bits per heavy atom. The van der Waals surface area contributed by atoms with Crippen LogP contribution < -0.4 is 0 Å². The Morgan fingerprint density at radius 2 is 1.65 bits per heavy atom. The lowest BCUT2D eigenvalue weighted by Crippen LogP contribution is -2.50. The molecule has 0 radical (unpaired) electrons. The van der Waals surface area contributed by atoms with Gasteiger partial charge in [0.25, 0.3) is 0 Å². The number of piperidine rings is 2. The summed E-state index contributed by atoms with van der Waals surface area (Å²) in [4.78, 5) is 20.7. The maximum Gasteiger partial charge on any atom is 0.246 e. The van der Waals surface area contributed by atoms with Gasteiger partial charge in [-0.3, -0.25) is 14.7 Å². The molecular weight excluding hydrogens is 443 g/mol. The van der Waals surface area contributed by atoms with Crippen LogP contribution in [-0.4, -0.2) is 64.6 Å². The number of likely N-dealkylation sites (tertiary alicyclic amines) is 2. The highest BCUT2D eigenvalue weighted by atomic mass is 19.2. The number of benzene rings is 1. The minimum atomic E-state index is -1.52. The number of aromatic nitrogens is 1. The minimum Gasteiger partial charge on any atom is -0.395 e. The highest BCUT2D eigenvalue weighted by Gasteiger charge is 2.33. The van der Waals surface area contributed by atoms with Gasteiger partial charge in [0.1, 0.15) is 0 Å². The number of carbonyl (C=O) groups is 1. The van der Waals surface area contributed by atoms with Gasteiger partial charge in [-0.05, 0) is 92.1 Å². The summed E-state index contributed by atoms with van der Waals surface area (Å²) in [5.41, 5.74) is 1.41. The number of hydrogen-bond donors (Lipinski definition) is 1. The SMILES string of the molecule is O=C(C=Cc1cc(F)c(F)c(F)c1)N1CCC(C(CO)N2CCC(c3ccncc3)CC2)CC1. The normalized spacial score (nSPS) is 19.6. The number of halogens is 3. The van der Waals surface area contributed by atoms with Crippen molar-refractivity contribution in [2.75, 3.05) is 32.8 Å². The summed E-state index contributed by atoms with van der Waals surface area (Å²) >= 11 is 0. The van der Waals surface area contributed by atoms with Crippen LogP contribution in [0, 0.1) is 23.4 Å². The Kier molecular flexibility index (Phi) is 8.00. The first-order valence-electron chi connectivity index (χ1n) is 11.8. The zero-order valence-corrected chi connectivity index (χ0v) is 19.0. The van der Waals surface area contributed by atoms with Crippen molar-refractivity contribution in [2.24, 2.45) is 5.92 Å². The average Bonchev–Trinajstić information content (AvgIpc) is 2.87. The van der Waals surface area contributed by atoms with Crippen LogP contribution in [0.15, 0.2) is 42.7 Å². The minimum absolute atomic E-state index is 0.0800. The predicted octanol–water partition coefficient (Wildman–Crippen LogP) is 3.99. The van der Waals surface area contributed by atoms with Gasteiger partial charge in [-0.1, -0.05) is 0 Å². The number of nitrogens with zero attached hydrogens (tertiary/aromatic N) is 3. The molecule has 2 aliphatic rings. The first kappa shape index (κ1) is 24.4. The first-order valence-corrected chi connectivity index (χ1v) is 11.8. The molecule has 34 heavy (non-hydrogen) atoms. The van der Waals surface area contributed by atoms with Crippen LogP contribution in [0.3, 0.4) is 0 Å². The maximum atomic E-state index is 13.4. The fourth-order valence-corrected chi connectivity index (χ4v) is 5.21. The molecule has 5 nitrogen and oxygen atoms in total. The van der Waals surface area contributed by atoms with E-state index >= 15 is 0 Å². The molecule has 2 aliphatic heterocycles. The van der Waals surface area contributed by atoms with Gasteiger partial charge in [0.2, 0.25) is 5.91 Å². The molecule has 0 saturated carbocycles. The summed E-state index contributed by atoms with van der Waals surface area (Å²) in [7, 11) is 0. The van der Waals surface area contributed by atoms with E-state index in [0.717, 1.165) is 50.9 Å². The largest absolute Gasteiger partial charge is 0.395 e. The molecule has 1 N–H and O–H groups in total. The van der Waals surface area contributed by atoms with E-state index in [9.17, 15) is 23.1 Å². The lowest BCUT2D eigenvalue weighted by molar-refractivity contribution is -0.127. The quantitative estimate of drug-likeness (QED) is 0.509. The van der Waals surface area contributed by atoms with Crippen molar-refractivity contribution in [3.63, 3.8) is 0 Å². The number of amides is 1. The molecular formula is C26H30F3N3O2.